The average molecular weight is 395 g/mol. The molecule has 5 heteroatoms. The Balaban J connectivity index is 1.74. The fraction of sp³-hybridized carbons (Fsp3) is 0.500. The SMILES string of the molecule is CC(C)CNc1nc2c(cc1C(=O)N(C)C)CCN(CCc1ccccc1)CC2. The molecule has 0 unspecified atom stereocenters. The van der Waals surface area contributed by atoms with Crippen molar-refractivity contribution in [3.8, 4) is 0 Å². The molecule has 1 aromatic heterocycles. The van der Waals surface area contributed by atoms with Gasteiger partial charge in [-0.3, -0.25) is 4.79 Å². The molecule has 0 radical (unpaired) electrons. The van der Waals surface area contributed by atoms with Crippen molar-refractivity contribution in [1.82, 2.24) is 14.8 Å². The second-order valence-corrected chi connectivity index (χ2v) is 8.54. The number of rotatable bonds is 7. The number of hydrogen-bond acceptors (Lipinski definition) is 4. The Morgan fingerprint density at radius 1 is 1.17 bits per heavy atom. The minimum atomic E-state index is 0.0109. The van der Waals surface area contributed by atoms with E-state index in [9.17, 15) is 4.79 Å². The maximum Gasteiger partial charge on any atom is 0.257 e. The third-order valence-corrected chi connectivity index (χ3v) is 5.43. The maximum absolute atomic E-state index is 12.7. The summed E-state index contributed by atoms with van der Waals surface area (Å²) in [5.41, 5.74) is 4.42. The molecule has 1 aliphatic heterocycles. The second kappa shape index (κ2) is 9.88. The van der Waals surface area contributed by atoms with Gasteiger partial charge in [-0.2, -0.15) is 0 Å². The van der Waals surface area contributed by atoms with E-state index in [1.807, 2.05) is 0 Å². The van der Waals surface area contributed by atoms with E-state index in [4.69, 9.17) is 4.98 Å². The molecule has 1 aromatic carbocycles. The number of nitrogens with one attached hydrogen (secondary N) is 1. The quantitative estimate of drug-likeness (QED) is 0.781. The van der Waals surface area contributed by atoms with Gasteiger partial charge < -0.3 is 15.1 Å². The molecule has 2 aromatic rings. The van der Waals surface area contributed by atoms with E-state index >= 15 is 0 Å². The number of fused-ring (bicyclic) bond motifs is 1. The van der Waals surface area contributed by atoms with Gasteiger partial charge in [0.25, 0.3) is 5.91 Å². The highest BCUT2D eigenvalue weighted by atomic mass is 16.2. The fourth-order valence-electron chi connectivity index (χ4n) is 3.68. The molecule has 0 aliphatic carbocycles. The first-order valence-electron chi connectivity index (χ1n) is 10.7. The molecule has 156 valence electrons. The second-order valence-electron chi connectivity index (χ2n) is 8.54. The van der Waals surface area contributed by atoms with Crippen LogP contribution in [0.4, 0.5) is 5.82 Å². The zero-order valence-electron chi connectivity index (χ0n) is 18.2. The first-order valence-corrected chi connectivity index (χ1v) is 10.7. The van der Waals surface area contributed by atoms with Crippen molar-refractivity contribution in [2.75, 3.05) is 45.6 Å². The number of anilines is 1. The van der Waals surface area contributed by atoms with Crippen LogP contribution in [0.5, 0.6) is 0 Å². The molecule has 0 atom stereocenters. The highest BCUT2D eigenvalue weighted by Crippen LogP contribution is 2.23. The summed E-state index contributed by atoms with van der Waals surface area (Å²) in [4.78, 5) is 21.8. The van der Waals surface area contributed by atoms with Gasteiger partial charge in [0.15, 0.2) is 0 Å². The lowest BCUT2D eigenvalue weighted by Crippen LogP contribution is -2.28. The van der Waals surface area contributed by atoms with Gasteiger partial charge >= 0.3 is 0 Å². The standard InChI is InChI=1S/C24H34N4O/c1-18(2)17-25-23-21(24(29)27(3)4)16-20-11-14-28(15-12-22(20)26-23)13-10-19-8-6-5-7-9-19/h5-9,16,18H,10-15,17H2,1-4H3,(H,25,26). The predicted octanol–water partition coefficient (Wildman–Crippen LogP) is 3.49. The zero-order chi connectivity index (χ0) is 20.8. The number of carbonyl (C=O) groups is 1. The summed E-state index contributed by atoms with van der Waals surface area (Å²) in [6.07, 6.45) is 2.93. The molecular weight excluding hydrogens is 360 g/mol. The Morgan fingerprint density at radius 2 is 1.90 bits per heavy atom. The largest absolute Gasteiger partial charge is 0.369 e. The van der Waals surface area contributed by atoms with Gasteiger partial charge in [0.1, 0.15) is 5.82 Å². The van der Waals surface area contributed by atoms with E-state index in [0.717, 1.165) is 57.0 Å². The molecule has 1 amide bonds. The van der Waals surface area contributed by atoms with Crippen molar-refractivity contribution in [1.29, 1.82) is 0 Å². The first-order chi connectivity index (χ1) is 13.9. The molecule has 29 heavy (non-hydrogen) atoms. The van der Waals surface area contributed by atoms with Crippen molar-refractivity contribution in [3.05, 3.63) is 58.8 Å². The monoisotopic (exact) mass is 394 g/mol. The molecule has 0 bridgehead atoms. The molecular formula is C24H34N4O. The van der Waals surface area contributed by atoms with Gasteiger partial charge in [0.05, 0.1) is 5.56 Å². The van der Waals surface area contributed by atoms with Crippen molar-refractivity contribution in [2.24, 2.45) is 5.92 Å². The smallest absolute Gasteiger partial charge is 0.257 e. The molecule has 3 rings (SSSR count). The molecule has 1 aliphatic rings. The van der Waals surface area contributed by atoms with Crippen molar-refractivity contribution >= 4 is 11.7 Å². The van der Waals surface area contributed by atoms with Crippen molar-refractivity contribution < 1.29 is 4.79 Å². The van der Waals surface area contributed by atoms with E-state index in [-0.39, 0.29) is 5.91 Å². The van der Waals surface area contributed by atoms with Crippen molar-refractivity contribution in [3.63, 3.8) is 0 Å². The van der Waals surface area contributed by atoms with Gasteiger partial charge in [-0.25, -0.2) is 4.98 Å². The number of aromatic nitrogens is 1. The normalized spacial score (nSPS) is 14.4. The summed E-state index contributed by atoms with van der Waals surface area (Å²) in [5.74, 6) is 1.23. The summed E-state index contributed by atoms with van der Waals surface area (Å²) in [7, 11) is 3.59. The number of carbonyl (C=O) groups excluding carboxylic acids is 1. The molecule has 0 saturated heterocycles. The van der Waals surface area contributed by atoms with Crippen LogP contribution in [0.25, 0.3) is 0 Å². The van der Waals surface area contributed by atoms with Gasteiger partial charge in [-0.15, -0.1) is 0 Å². The zero-order valence-corrected chi connectivity index (χ0v) is 18.2. The van der Waals surface area contributed by atoms with Crippen molar-refractivity contribution in [2.45, 2.75) is 33.1 Å². The van der Waals surface area contributed by atoms with Crippen LogP contribution in [0.1, 0.15) is 41.0 Å². The number of nitrogens with zero attached hydrogens (tertiary/aromatic N) is 3. The van der Waals surface area contributed by atoms with Crippen LogP contribution in [0, 0.1) is 5.92 Å². The topological polar surface area (TPSA) is 48.5 Å². The third-order valence-electron chi connectivity index (χ3n) is 5.43. The number of pyridine rings is 1. The Bertz CT molecular complexity index is 817. The lowest BCUT2D eigenvalue weighted by Gasteiger charge is -2.19. The summed E-state index contributed by atoms with van der Waals surface area (Å²) < 4.78 is 0. The summed E-state index contributed by atoms with van der Waals surface area (Å²) in [5, 5.41) is 3.40. The van der Waals surface area contributed by atoms with Crippen LogP contribution in [0.15, 0.2) is 36.4 Å². The highest BCUT2D eigenvalue weighted by molar-refractivity contribution is 5.98. The number of hydrogen-bond donors (Lipinski definition) is 1. The highest BCUT2D eigenvalue weighted by Gasteiger charge is 2.21. The Labute approximate surface area is 175 Å². The number of benzene rings is 1. The van der Waals surface area contributed by atoms with E-state index in [1.54, 1.807) is 19.0 Å². The van der Waals surface area contributed by atoms with Crippen LogP contribution in [-0.4, -0.2) is 61.0 Å². The lowest BCUT2D eigenvalue weighted by molar-refractivity contribution is 0.0828. The number of amides is 1. The molecule has 5 nitrogen and oxygen atoms in total. The van der Waals surface area contributed by atoms with Gasteiger partial charge in [0.2, 0.25) is 0 Å². The summed E-state index contributed by atoms with van der Waals surface area (Å²) in [6, 6.07) is 12.7. The van der Waals surface area contributed by atoms with E-state index < -0.39 is 0 Å². The molecule has 0 saturated carbocycles. The predicted molar refractivity (Wildman–Crippen MR) is 120 cm³/mol. The van der Waals surface area contributed by atoms with E-state index in [1.165, 1.54) is 11.1 Å². The molecule has 0 spiro atoms. The Hall–Kier alpha value is -2.40. The van der Waals surface area contributed by atoms with E-state index in [2.05, 4.69) is 60.5 Å². The van der Waals surface area contributed by atoms with Crippen LogP contribution < -0.4 is 5.32 Å². The van der Waals surface area contributed by atoms with E-state index in [0.29, 0.717) is 11.5 Å². The molecule has 0 fully saturated rings. The van der Waals surface area contributed by atoms with Gasteiger partial charge in [-0.05, 0) is 36.0 Å². The van der Waals surface area contributed by atoms with Crippen LogP contribution in [0.3, 0.4) is 0 Å². The summed E-state index contributed by atoms with van der Waals surface area (Å²) >= 11 is 0. The van der Waals surface area contributed by atoms with Gasteiger partial charge in [0, 0.05) is 52.4 Å². The maximum atomic E-state index is 12.7. The lowest BCUT2D eigenvalue weighted by atomic mass is 10.0. The van der Waals surface area contributed by atoms with Crippen LogP contribution >= 0.6 is 0 Å². The molecule has 1 N–H and O–H groups in total. The average Bonchev–Trinajstić information content (AvgIpc) is 2.92. The van der Waals surface area contributed by atoms with Crippen LogP contribution in [0.2, 0.25) is 0 Å². The summed E-state index contributed by atoms with van der Waals surface area (Å²) in [6.45, 7) is 8.21. The van der Waals surface area contributed by atoms with Crippen LogP contribution in [-0.2, 0) is 19.3 Å². The first kappa shape index (κ1) is 21.3. The third kappa shape index (κ3) is 5.80. The minimum Gasteiger partial charge on any atom is -0.369 e. The minimum absolute atomic E-state index is 0.0109. The fourth-order valence-corrected chi connectivity index (χ4v) is 3.68. The Kier molecular flexibility index (Phi) is 7.26. The molecule has 2 heterocycles. The Morgan fingerprint density at radius 3 is 2.59 bits per heavy atom. The van der Waals surface area contributed by atoms with Gasteiger partial charge in [-0.1, -0.05) is 44.2 Å².